The summed E-state index contributed by atoms with van der Waals surface area (Å²) in [5.74, 6) is -0.490. The molecule has 0 saturated heterocycles. The average Bonchev–Trinajstić information content (AvgIpc) is 3.11. The molecule has 0 aromatic heterocycles. The van der Waals surface area contributed by atoms with Crippen LogP contribution in [0.4, 0.5) is 22.7 Å². The van der Waals surface area contributed by atoms with Gasteiger partial charge in [-0.2, -0.15) is 5.10 Å². The Hall–Kier alpha value is -6.64. The minimum absolute atomic E-state index is 0.229. The lowest BCUT2D eigenvalue weighted by molar-refractivity contribution is -0.394. The number of hydrazone groups is 1. The molecule has 3 amide bonds. The number of hydrogen-bond donors (Lipinski definition) is 2. The lowest BCUT2D eigenvalue weighted by atomic mass is 10.0. The summed E-state index contributed by atoms with van der Waals surface area (Å²) in [7, 11) is 1.57. The molecule has 0 bridgehead atoms. The number of nitro groups is 2. The van der Waals surface area contributed by atoms with Crippen molar-refractivity contribution < 1.29 is 33.7 Å². The molecule has 1 heterocycles. The van der Waals surface area contributed by atoms with Crippen molar-refractivity contribution in [2.75, 3.05) is 30.9 Å². The van der Waals surface area contributed by atoms with Gasteiger partial charge in [-0.15, -0.1) is 0 Å². The van der Waals surface area contributed by atoms with Gasteiger partial charge in [0.05, 0.1) is 35.3 Å². The molecule has 1 aliphatic heterocycles. The van der Waals surface area contributed by atoms with Gasteiger partial charge < -0.3 is 20.1 Å². The Morgan fingerprint density at radius 1 is 0.837 bits per heavy atom. The van der Waals surface area contributed by atoms with Crippen molar-refractivity contribution in [2.24, 2.45) is 5.10 Å². The van der Waals surface area contributed by atoms with Crippen LogP contribution in [-0.4, -0.2) is 58.6 Å². The van der Waals surface area contributed by atoms with Crippen LogP contribution in [0.5, 0.6) is 11.5 Å². The zero-order chi connectivity index (χ0) is 35.1. The Morgan fingerprint density at radius 3 is 2.29 bits per heavy atom. The van der Waals surface area contributed by atoms with Crippen LogP contribution in [0.1, 0.15) is 56.4 Å². The van der Waals surface area contributed by atoms with E-state index in [2.05, 4.69) is 15.7 Å². The fourth-order valence-electron chi connectivity index (χ4n) is 5.08. The summed E-state index contributed by atoms with van der Waals surface area (Å²) >= 11 is 0. The Balaban J connectivity index is 1.25. The third kappa shape index (κ3) is 7.85. The first kappa shape index (κ1) is 33.7. The van der Waals surface area contributed by atoms with Crippen LogP contribution >= 0.6 is 0 Å². The van der Waals surface area contributed by atoms with Crippen LogP contribution in [0.15, 0.2) is 90.0 Å². The number of anilines is 2. The van der Waals surface area contributed by atoms with Crippen molar-refractivity contribution >= 4 is 46.2 Å². The summed E-state index contributed by atoms with van der Waals surface area (Å²) < 4.78 is 11.1. The molecule has 250 valence electrons. The number of hydrogen-bond acceptors (Lipinski definition) is 10. The van der Waals surface area contributed by atoms with E-state index >= 15 is 0 Å². The SMILES string of the molecule is CCOc1cc(C2=NN(C(=O)c3cccc(NC(=O)c4ccc(NC(=O)c5ccc([N+](=O)[O-])cc5[N+](=O)[O-])cc4)c3)CCC2)ccc1OC. The van der Waals surface area contributed by atoms with Gasteiger partial charge in [-0.25, -0.2) is 5.01 Å². The van der Waals surface area contributed by atoms with E-state index in [0.29, 0.717) is 54.8 Å². The largest absolute Gasteiger partial charge is 0.493 e. The van der Waals surface area contributed by atoms with Crippen molar-refractivity contribution in [2.45, 2.75) is 19.8 Å². The van der Waals surface area contributed by atoms with Gasteiger partial charge >= 0.3 is 0 Å². The minimum atomic E-state index is -0.879. The van der Waals surface area contributed by atoms with Crippen LogP contribution in [0, 0.1) is 20.2 Å². The van der Waals surface area contributed by atoms with Crippen LogP contribution in [-0.2, 0) is 0 Å². The second kappa shape index (κ2) is 14.8. The van der Waals surface area contributed by atoms with E-state index in [0.717, 1.165) is 23.4 Å². The van der Waals surface area contributed by atoms with E-state index in [1.807, 2.05) is 19.1 Å². The number of nitrogens with one attached hydrogen (secondary N) is 2. The van der Waals surface area contributed by atoms with Gasteiger partial charge in [0, 0.05) is 40.7 Å². The fraction of sp³-hybridized carbons (Fsp3) is 0.176. The summed E-state index contributed by atoms with van der Waals surface area (Å²) in [5, 5.41) is 33.6. The van der Waals surface area contributed by atoms with Gasteiger partial charge in [-0.1, -0.05) is 6.07 Å². The molecule has 0 saturated carbocycles. The normalized spacial score (nSPS) is 12.4. The molecule has 0 spiro atoms. The zero-order valence-electron chi connectivity index (χ0n) is 26.4. The minimum Gasteiger partial charge on any atom is -0.493 e. The standard InChI is InChI=1S/C34H30N6O9/c1-3-49-31-19-22(11-16-30(31)48-2)28-8-5-17-38(37-28)34(43)23-6-4-7-25(18-23)36-32(41)21-9-12-24(13-10-21)35-33(42)27-15-14-26(39(44)45)20-29(27)40(46)47/h4,6-7,9-16,18-20H,3,5,8,17H2,1-2H3,(H,35,42)(H,36,41). The summed E-state index contributed by atoms with van der Waals surface area (Å²) in [6.07, 6.45) is 1.38. The van der Waals surface area contributed by atoms with Crippen LogP contribution in [0.25, 0.3) is 0 Å². The molecule has 49 heavy (non-hydrogen) atoms. The first-order chi connectivity index (χ1) is 23.6. The number of methoxy groups -OCH3 is 1. The predicted octanol–water partition coefficient (Wildman–Crippen LogP) is 6.06. The highest BCUT2D eigenvalue weighted by Crippen LogP contribution is 2.30. The van der Waals surface area contributed by atoms with E-state index in [-0.39, 0.29) is 22.7 Å². The first-order valence-corrected chi connectivity index (χ1v) is 15.0. The number of carbonyl (C=O) groups is 3. The van der Waals surface area contributed by atoms with E-state index in [9.17, 15) is 34.6 Å². The maximum atomic E-state index is 13.4. The molecule has 15 heteroatoms. The van der Waals surface area contributed by atoms with E-state index in [1.165, 1.54) is 29.3 Å². The second-order valence-corrected chi connectivity index (χ2v) is 10.7. The molecule has 4 aromatic rings. The van der Waals surface area contributed by atoms with Crippen LogP contribution in [0.3, 0.4) is 0 Å². The van der Waals surface area contributed by atoms with Gasteiger partial charge in [0.15, 0.2) is 11.5 Å². The summed E-state index contributed by atoms with van der Waals surface area (Å²) in [6.45, 7) is 2.77. The molecule has 15 nitrogen and oxygen atoms in total. The summed E-state index contributed by atoms with van der Waals surface area (Å²) in [4.78, 5) is 59.9. The maximum absolute atomic E-state index is 13.4. The highest BCUT2D eigenvalue weighted by molar-refractivity contribution is 6.08. The topological polar surface area (TPSA) is 196 Å². The molecule has 1 aliphatic rings. The molecule has 0 aliphatic carbocycles. The third-order valence-electron chi connectivity index (χ3n) is 7.46. The maximum Gasteiger partial charge on any atom is 0.289 e. The molecule has 0 unspecified atom stereocenters. The second-order valence-electron chi connectivity index (χ2n) is 10.7. The predicted molar refractivity (Wildman–Crippen MR) is 180 cm³/mol. The van der Waals surface area contributed by atoms with Crippen molar-refractivity contribution in [3.63, 3.8) is 0 Å². The number of benzene rings is 4. The molecule has 0 radical (unpaired) electrons. The lowest BCUT2D eigenvalue weighted by Crippen LogP contribution is -2.32. The summed E-state index contributed by atoms with van der Waals surface area (Å²) in [5.41, 5.74) is 1.10. The van der Waals surface area contributed by atoms with Gasteiger partial charge in [0.1, 0.15) is 5.56 Å². The zero-order valence-corrected chi connectivity index (χ0v) is 26.4. The average molecular weight is 667 g/mol. The highest BCUT2D eigenvalue weighted by atomic mass is 16.6. The Morgan fingerprint density at radius 2 is 1.59 bits per heavy atom. The highest BCUT2D eigenvalue weighted by Gasteiger charge is 2.25. The van der Waals surface area contributed by atoms with Crippen molar-refractivity contribution in [3.05, 3.63) is 127 Å². The first-order valence-electron chi connectivity index (χ1n) is 15.0. The number of carbonyl (C=O) groups excluding carboxylic acids is 3. The van der Waals surface area contributed by atoms with Gasteiger partial charge in [0.2, 0.25) is 0 Å². The van der Waals surface area contributed by atoms with Crippen LogP contribution in [0.2, 0.25) is 0 Å². The third-order valence-corrected chi connectivity index (χ3v) is 7.46. The fourth-order valence-corrected chi connectivity index (χ4v) is 5.08. The quantitative estimate of drug-likeness (QED) is 0.141. The molecule has 5 rings (SSSR count). The number of nitro benzene ring substituents is 2. The van der Waals surface area contributed by atoms with Gasteiger partial charge in [0.25, 0.3) is 29.1 Å². The number of rotatable bonds is 11. The number of ether oxygens (including phenoxy) is 2. The van der Waals surface area contributed by atoms with Gasteiger partial charge in [-0.05, 0) is 86.5 Å². The van der Waals surface area contributed by atoms with E-state index in [1.54, 1.807) is 37.4 Å². The Labute approximate surface area is 279 Å². The molecule has 2 N–H and O–H groups in total. The molecular formula is C34H30N6O9. The van der Waals surface area contributed by atoms with Crippen molar-refractivity contribution in [1.29, 1.82) is 0 Å². The number of non-ortho nitro benzene ring substituents is 1. The smallest absolute Gasteiger partial charge is 0.289 e. The monoisotopic (exact) mass is 666 g/mol. The van der Waals surface area contributed by atoms with E-state index < -0.39 is 33.0 Å². The Bertz CT molecular complexity index is 1980. The molecule has 4 aromatic carbocycles. The molecule has 0 atom stereocenters. The lowest BCUT2D eigenvalue weighted by Gasteiger charge is -2.24. The summed E-state index contributed by atoms with van der Waals surface area (Å²) in [6, 6.07) is 20.4. The van der Waals surface area contributed by atoms with Crippen LogP contribution < -0.4 is 20.1 Å². The van der Waals surface area contributed by atoms with Crippen molar-refractivity contribution in [1.82, 2.24) is 5.01 Å². The molecule has 0 fully saturated rings. The Kier molecular flexibility index (Phi) is 10.2. The number of amides is 3. The number of nitrogens with zero attached hydrogens (tertiary/aromatic N) is 4. The molecular weight excluding hydrogens is 636 g/mol. The van der Waals surface area contributed by atoms with E-state index in [4.69, 9.17) is 9.47 Å². The van der Waals surface area contributed by atoms with Crippen molar-refractivity contribution in [3.8, 4) is 11.5 Å². The van der Waals surface area contributed by atoms with Gasteiger partial charge in [-0.3, -0.25) is 34.6 Å².